The number of carbonyl (C=O) groups is 1. The molecule has 0 fully saturated rings. The van der Waals surface area contributed by atoms with Crippen molar-refractivity contribution in [3.05, 3.63) is 75.2 Å². The van der Waals surface area contributed by atoms with Crippen LogP contribution < -0.4 is 0 Å². The molecule has 2 aromatic carbocycles. The third-order valence-electron chi connectivity index (χ3n) is 4.92. The molecule has 0 saturated heterocycles. The molecule has 0 bridgehead atoms. The molecule has 0 saturated carbocycles. The van der Waals surface area contributed by atoms with Crippen LogP contribution in [0.25, 0.3) is 11.5 Å². The van der Waals surface area contributed by atoms with Gasteiger partial charge in [-0.15, -0.1) is 10.2 Å². The van der Waals surface area contributed by atoms with E-state index in [9.17, 15) is 14.9 Å². The fraction of sp³-hybridized carbons (Fsp3) is 0.318. The second kappa shape index (κ2) is 8.06. The molecule has 0 aliphatic rings. The highest BCUT2D eigenvalue weighted by Crippen LogP contribution is 2.26. The largest absolute Gasteiger partial charge is 0.419 e. The molecule has 3 aromatic rings. The Morgan fingerprint density at radius 1 is 1.13 bits per heavy atom. The number of carbonyl (C=O) groups excluding carboxylic acids is 1. The number of aromatic nitrogens is 2. The van der Waals surface area contributed by atoms with Crippen molar-refractivity contribution in [3.63, 3.8) is 0 Å². The lowest BCUT2D eigenvalue weighted by Crippen LogP contribution is -2.27. The van der Waals surface area contributed by atoms with Crippen LogP contribution in [0, 0.1) is 17.0 Å². The number of nitro groups is 1. The molecule has 0 unspecified atom stereocenters. The van der Waals surface area contributed by atoms with Crippen LogP contribution in [0.2, 0.25) is 0 Å². The Kier molecular flexibility index (Phi) is 5.69. The predicted octanol–water partition coefficient (Wildman–Crippen LogP) is 4.52. The van der Waals surface area contributed by atoms with Gasteiger partial charge in [0.1, 0.15) is 0 Å². The van der Waals surface area contributed by atoms with Crippen LogP contribution in [0.15, 0.2) is 46.9 Å². The summed E-state index contributed by atoms with van der Waals surface area (Å²) in [6.45, 7) is 8.08. The summed E-state index contributed by atoms with van der Waals surface area (Å²) in [5, 5.41) is 19.2. The molecule has 0 aliphatic heterocycles. The fourth-order valence-electron chi connectivity index (χ4n) is 3.08. The van der Waals surface area contributed by atoms with Crippen LogP contribution in [0.3, 0.4) is 0 Å². The molecule has 0 radical (unpaired) electrons. The van der Waals surface area contributed by atoms with Gasteiger partial charge in [0.25, 0.3) is 11.6 Å². The summed E-state index contributed by atoms with van der Waals surface area (Å²) >= 11 is 0. The molecule has 156 valence electrons. The molecule has 0 N–H and O–H groups in total. The molecule has 0 aliphatic carbocycles. The van der Waals surface area contributed by atoms with E-state index in [4.69, 9.17) is 4.42 Å². The smallest absolute Gasteiger partial charge is 0.273 e. The maximum Gasteiger partial charge on any atom is 0.273 e. The minimum atomic E-state index is -0.499. The SMILES string of the molecule is Cc1c(C(=O)N(C)Cc2nnc(-c3ccc(C(C)(C)C)cc3)o2)cccc1[N+](=O)[O-]. The van der Waals surface area contributed by atoms with Crippen molar-refractivity contribution in [2.75, 3.05) is 7.05 Å². The summed E-state index contributed by atoms with van der Waals surface area (Å²) in [4.78, 5) is 24.8. The van der Waals surface area contributed by atoms with E-state index in [2.05, 4.69) is 31.0 Å². The second-order valence-corrected chi connectivity index (χ2v) is 8.20. The van der Waals surface area contributed by atoms with E-state index in [-0.39, 0.29) is 35.0 Å². The lowest BCUT2D eigenvalue weighted by Gasteiger charge is -2.18. The molecule has 0 spiro atoms. The summed E-state index contributed by atoms with van der Waals surface area (Å²) in [7, 11) is 1.59. The van der Waals surface area contributed by atoms with Gasteiger partial charge in [-0.2, -0.15) is 0 Å². The zero-order chi connectivity index (χ0) is 22.1. The van der Waals surface area contributed by atoms with E-state index in [1.807, 2.05) is 24.3 Å². The maximum atomic E-state index is 12.8. The Morgan fingerprint density at radius 2 is 1.80 bits per heavy atom. The summed E-state index contributed by atoms with van der Waals surface area (Å²) in [6.07, 6.45) is 0. The van der Waals surface area contributed by atoms with Crippen LogP contribution in [0.1, 0.15) is 48.1 Å². The first-order chi connectivity index (χ1) is 14.1. The first kappa shape index (κ1) is 21.2. The standard InChI is InChI=1S/C22H24N4O4/c1-14-17(7-6-8-18(14)26(28)29)21(27)25(5)13-19-23-24-20(30-19)15-9-11-16(12-10-15)22(2,3)4/h6-12H,13H2,1-5H3. The molecule has 0 atom stereocenters. The number of benzene rings is 2. The molecular formula is C22H24N4O4. The third kappa shape index (κ3) is 4.37. The molecule has 1 amide bonds. The zero-order valence-corrected chi connectivity index (χ0v) is 17.7. The van der Waals surface area contributed by atoms with Crippen molar-refractivity contribution in [1.29, 1.82) is 0 Å². The molecule has 3 rings (SSSR count). The van der Waals surface area contributed by atoms with Crippen LogP contribution in [-0.2, 0) is 12.0 Å². The van der Waals surface area contributed by atoms with Crippen molar-refractivity contribution in [2.24, 2.45) is 0 Å². The summed E-state index contributed by atoms with van der Waals surface area (Å²) in [6, 6.07) is 12.4. The van der Waals surface area contributed by atoms with Crippen molar-refractivity contribution < 1.29 is 14.1 Å². The van der Waals surface area contributed by atoms with Gasteiger partial charge < -0.3 is 9.32 Å². The molecule has 8 nitrogen and oxygen atoms in total. The zero-order valence-electron chi connectivity index (χ0n) is 17.7. The van der Waals surface area contributed by atoms with Gasteiger partial charge in [0, 0.05) is 29.8 Å². The van der Waals surface area contributed by atoms with Crippen molar-refractivity contribution in [1.82, 2.24) is 15.1 Å². The quantitative estimate of drug-likeness (QED) is 0.454. The van der Waals surface area contributed by atoms with Crippen molar-refractivity contribution >= 4 is 11.6 Å². The van der Waals surface area contributed by atoms with E-state index in [1.54, 1.807) is 20.0 Å². The number of hydrogen-bond acceptors (Lipinski definition) is 6. The molecule has 1 heterocycles. The highest BCUT2D eigenvalue weighted by Gasteiger charge is 2.22. The van der Waals surface area contributed by atoms with Gasteiger partial charge in [0.05, 0.1) is 11.5 Å². The average Bonchev–Trinajstić information content (AvgIpc) is 3.15. The van der Waals surface area contributed by atoms with E-state index in [0.29, 0.717) is 11.5 Å². The number of amides is 1. The number of nitrogens with zero attached hydrogens (tertiary/aromatic N) is 4. The topological polar surface area (TPSA) is 102 Å². The predicted molar refractivity (Wildman–Crippen MR) is 112 cm³/mol. The Labute approximate surface area is 174 Å². The first-order valence-corrected chi connectivity index (χ1v) is 9.50. The summed E-state index contributed by atoms with van der Waals surface area (Å²) < 4.78 is 5.72. The van der Waals surface area contributed by atoms with E-state index in [1.165, 1.54) is 22.6 Å². The Balaban J connectivity index is 1.75. The van der Waals surface area contributed by atoms with Crippen molar-refractivity contribution in [3.8, 4) is 11.5 Å². The van der Waals surface area contributed by atoms with Gasteiger partial charge in [-0.25, -0.2) is 0 Å². The van der Waals surface area contributed by atoms with E-state index in [0.717, 1.165) is 5.56 Å². The summed E-state index contributed by atoms with van der Waals surface area (Å²) in [5.41, 5.74) is 2.54. The normalized spacial score (nSPS) is 11.4. The van der Waals surface area contributed by atoms with Crippen LogP contribution in [0.5, 0.6) is 0 Å². The number of rotatable bonds is 5. The third-order valence-corrected chi connectivity index (χ3v) is 4.92. The lowest BCUT2D eigenvalue weighted by molar-refractivity contribution is -0.385. The van der Waals surface area contributed by atoms with Gasteiger partial charge in [-0.05, 0) is 36.1 Å². The molecular weight excluding hydrogens is 384 g/mol. The second-order valence-electron chi connectivity index (χ2n) is 8.20. The van der Waals surface area contributed by atoms with Crippen LogP contribution in [0.4, 0.5) is 5.69 Å². The number of nitro benzene ring substituents is 1. The number of hydrogen-bond donors (Lipinski definition) is 0. The van der Waals surface area contributed by atoms with Gasteiger partial charge in [0.15, 0.2) is 0 Å². The Hall–Kier alpha value is -3.55. The van der Waals surface area contributed by atoms with Gasteiger partial charge in [0.2, 0.25) is 11.8 Å². The highest BCUT2D eigenvalue weighted by molar-refractivity contribution is 5.96. The monoisotopic (exact) mass is 408 g/mol. The van der Waals surface area contributed by atoms with E-state index < -0.39 is 4.92 Å². The average molecular weight is 408 g/mol. The highest BCUT2D eigenvalue weighted by atomic mass is 16.6. The molecule has 8 heteroatoms. The summed E-state index contributed by atoms with van der Waals surface area (Å²) in [5.74, 6) is 0.298. The molecule has 30 heavy (non-hydrogen) atoms. The van der Waals surface area contributed by atoms with Crippen LogP contribution >= 0.6 is 0 Å². The van der Waals surface area contributed by atoms with Gasteiger partial charge in [-0.3, -0.25) is 14.9 Å². The first-order valence-electron chi connectivity index (χ1n) is 9.50. The van der Waals surface area contributed by atoms with Crippen molar-refractivity contribution in [2.45, 2.75) is 39.7 Å². The van der Waals surface area contributed by atoms with Gasteiger partial charge >= 0.3 is 0 Å². The minimum Gasteiger partial charge on any atom is -0.419 e. The fourth-order valence-corrected chi connectivity index (χ4v) is 3.08. The Bertz CT molecular complexity index is 1080. The maximum absolute atomic E-state index is 12.8. The molecule has 1 aromatic heterocycles. The minimum absolute atomic E-state index is 0.0479. The van der Waals surface area contributed by atoms with Crippen LogP contribution in [-0.4, -0.2) is 33.0 Å². The Morgan fingerprint density at radius 3 is 2.40 bits per heavy atom. The van der Waals surface area contributed by atoms with Gasteiger partial charge in [-0.1, -0.05) is 39.0 Å². The van der Waals surface area contributed by atoms with E-state index >= 15 is 0 Å². The lowest BCUT2D eigenvalue weighted by atomic mass is 9.87.